The Labute approximate surface area is 131 Å². The molecule has 118 valence electrons. The number of amides is 1. The Bertz CT molecular complexity index is 781. The molecule has 0 saturated heterocycles. The standard InChI is InChI=1S/C15H15N5O3/c21-15(14-12-6-1-2-7-13(12)17-18-14)19-16-9-10-4-3-5-11(8-10)20(22)23/h3-5,8-9H,1-2,6-7H2,(H,17,18)(H,19,21)/b16-9+. The molecule has 0 atom stereocenters. The molecule has 1 aromatic carbocycles. The van der Waals surface area contributed by atoms with Crippen LogP contribution in [0.15, 0.2) is 29.4 Å². The number of hydrogen-bond acceptors (Lipinski definition) is 5. The normalized spacial score (nSPS) is 13.7. The molecule has 1 amide bonds. The lowest BCUT2D eigenvalue weighted by molar-refractivity contribution is -0.384. The van der Waals surface area contributed by atoms with Crippen LogP contribution in [-0.4, -0.2) is 27.2 Å². The molecule has 8 heteroatoms. The van der Waals surface area contributed by atoms with E-state index in [-0.39, 0.29) is 11.6 Å². The first-order valence-corrected chi connectivity index (χ1v) is 7.29. The number of nitro benzene ring substituents is 1. The van der Waals surface area contributed by atoms with Crippen LogP contribution in [0.5, 0.6) is 0 Å². The molecule has 0 aliphatic heterocycles. The number of carbonyl (C=O) groups excluding carboxylic acids is 1. The van der Waals surface area contributed by atoms with Crippen LogP contribution in [0.2, 0.25) is 0 Å². The molecular formula is C15H15N5O3. The highest BCUT2D eigenvalue weighted by molar-refractivity contribution is 5.94. The lowest BCUT2D eigenvalue weighted by Crippen LogP contribution is -2.20. The Morgan fingerprint density at radius 2 is 2.22 bits per heavy atom. The number of rotatable bonds is 4. The van der Waals surface area contributed by atoms with E-state index >= 15 is 0 Å². The largest absolute Gasteiger partial charge is 0.292 e. The van der Waals surface area contributed by atoms with E-state index in [9.17, 15) is 14.9 Å². The molecule has 2 aromatic rings. The van der Waals surface area contributed by atoms with Crippen molar-refractivity contribution in [3.63, 3.8) is 0 Å². The lowest BCUT2D eigenvalue weighted by Gasteiger charge is -2.10. The lowest BCUT2D eigenvalue weighted by atomic mass is 9.96. The summed E-state index contributed by atoms with van der Waals surface area (Å²) in [5.41, 5.74) is 5.26. The number of aromatic amines is 1. The van der Waals surface area contributed by atoms with Gasteiger partial charge in [-0.05, 0) is 25.7 Å². The molecule has 0 saturated carbocycles. The fourth-order valence-corrected chi connectivity index (χ4v) is 2.61. The van der Waals surface area contributed by atoms with Crippen LogP contribution in [0.4, 0.5) is 5.69 Å². The minimum atomic E-state index is -0.480. The van der Waals surface area contributed by atoms with E-state index in [1.54, 1.807) is 12.1 Å². The number of nitrogens with zero attached hydrogens (tertiary/aromatic N) is 3. The Balaban J connectivity index is 1.68. The number of non-ortho nitro benzene ring substituents is 1. The smallest absolute Gasteiger partial charge is 0.281 e. The van der Waals surface area contributed by atoms with E-state index in [2.05, 4.69) is 20.7 Å². The van der Waals surface area contributed by atoms with Crippen LogP contribution in [0.25, 0.3) is 0 Å². The second-order valence-corrected chi connectivity index (χ2v) is 5.29. The van der Waals surface area contributed by atoms with E-state index in [1.165, 1.54) is 18.3 Å². The van der Waals surface area contributed by atoms with Gasteiger partial charge < -0.3 is 0 Å². The molecule has 3 rings (SSSR count). The fourth-order valence-electron chi connectivity index (χ4n) is 2.61. The number of H-pyrrole nitrogens is 1. The Hall–Kier alpha value is -3.03. The van der Waals surface area contributed by atoms with Gasteiger partial charge in [0.1, 0.15) is 0 Å². The maximum atomic E-state index is 12.1. The third-order valence-electron chi connectivity index (χ3n) is 3.73. The van der Waals surface area contributed by atoms with Crippen LogP contribution < -0.4 is 5.43 Å². The Morgan fingerprint density at radius 1 is 1.39 bits per heavy atom. The number of hydrazone groups is 1. The highest BCUT2D eigenvalue weighted by atomic mass is 16.6. The maximum absolute atomic E-state index is 12.1. The van der Waals surface area contributed by atoms with Crippen molar-refractivity contribution in [1.82, 2.24) is 15.6 Å². The van der Waals surface area contributed by atoms with Gasteiger partial charge in [0.05, 0.1) is 11.1 Å². The molecule has 0 fully saturated rings. The van der Waals surface area contributed by atoms with Gasteiger partial charge in [-0.3, -0.25) is 20.0 Å². The van der Waals surface area contributed by atoms with Gasteiger partial charge in [0.25, 0.3) is 11.6 Å². The fraction of sp³-hybridized carbons (Fsp3) is 0.267. The molecule has 1 aliphatic rings. The number of nitro groups is 1. The number of aryl methyl sites for hydroxylation is 1. The number of hydrogen-bond donors (Lipinski definition) is 2. The summed E-state index contributed by atoms with van der Waals surface area (Å²) in [5.74, 6) is -0.383. The van der Waals surface area contributed by atoms with Crippen LogP contribution in [0, 0.1) is 10.1 Å². The van der Waals surface area contributed by atoms with Crippen LogP contribution in [-0.2, 0) is 12.8 Å². The quantitative estimate of drug-likeness (QED) is 0.510. The Morgan fingerprint density at radius 3 is 3.04 bits per heavy atom. The molecule has 8 nitrogen and oxygen atoms in total. The van der Waals surface area contributed by atoms with Crippen molar-refractivity contribution >= 4 is 17.8 Å². The van der Waals surface area contributed by atoms with Crippen molar-refractivity contribution in [3.05, 3.63) is 56.9 Å². The van der Waals surface area contributed by atoms with E-state index in [0.717, 1.165) is 36.9 Å². The first-order chi connectivity index (χ1) is 11.1. The third-order valence-corrected chi connectivity index (χ3v) is 3.73. The van der Waals surface area contributed by atoms with Gasteiger partial charge in [0.2, 0.25) is 0 Å². The van der Waals surface area contributed by atoms with Crippen LogP contribution in [0.1, 0.15) is 40.2 Å². The number of benzene rings is 1. The van der Waals surface area contributed by atoms with Gasteiger partial charge >= 0.3 is 0 Å². The van der Waals surface area contributed by atoms with Gasteiger partial charge in [-0.25, -0.2) is 5.43 Å². The molecule has 2 N–H and O–H groups in total. The van der Waals surface area contributed by atoms with E-state index in [1.807, 2.05) is 0 Å². The minimum Gasteiger partial charge on any atom is -0.281 e. The maximum Gasteiger partial charge on any atom is 0.292 e. The SMILES string of the molecule is O=C(N/N=C/c1cccc([N+](=O)[O-])c1)c1n[nH]c2c1CCCC2. The molecule has 0 spiro atoms. The molecule has 0 bridgehead atoms. The molecular weight excluding hydrogens is 298 g/mol. The molecule has 1 aromatic heterocycles. The summed E-state index contributed by atoms with van der Waals surface area (Å²) >= 11 is 0. The summed E-state index contributed by atoms with van der Waals surface area (Å²) in [7, 11) is 0. The van der Waals surface area contributed by atoms with Gasteiger partial charge in [-0.2, -0.15) is 10.2 Å². The van der Waals surface area contributed by atoms with Gasteiger partial charge in [-0.15, -0.1) is 0 Å². The molecule has 23 heavy (non-hydrogen) atoms. The molecule has 0 unspecified atom stereocenters. The average molecular weight is 313 g/mol. The summed E-state index contributed by atoms with van der Waals surface area (Å²) in [4.78, 5) is 22.4. The van der Waals surface area contributed by atoms with Crippen molar-refractivity contribution in [2.24, 2.45) is 5.10 Å². The van der Waals surface area contributed by atoms with E-state index in [4.69, 9.17) is 0 Å². The highest BCUT2D eigenvalue weighted by Gasteiger charge is 2.21. The number of carbonyl (C=O) groups is 1. The zero-order valence-corrected chi connectivity index (χ0v) is 12.3. The molecule has 1 heterocycles. The summed E-state index contributed by atoms with van der Waals surface area (Å²) < 4.78 is 0. The van der Waals surface area contributed by atoms with Crippen LogP contribution in [0.3, 0.4) is 0 Å². The van der Waals surface area contributed by atoms with Gasteiger partial charge in [0.15, 0.2) is 5.69 Å². The summed E-state index contributed by atoms with van der Waals surface area (Å²) in [5, 5.41) is 21.5. The monoisotopic (exact) mass is 313 g/mol. The molecule has 0 radical (unpaired) electrons. The van der Waals surface area contributed by atoms with Gasteiger partial charge in [-0.1, -0.05) is 12.1 Å². The van der Waals surface area contributed by atoms with Crippen molar-refractivity contribution in [2.75, 3.05) is 0 Å². The zero-order chi connectivity index (χ0) is 16.2. The minimum absolute atomic E-state index is 0.0263. The first-order valence-electron chi connectivity index (χ1n) is 7.29. The Kier molecular flexibility index (Phi) is 4.13. The second kappa shape index (κ2) is 6.39. The van der Waals surface area contributed by atoms with E-state index in [0.29, 0.717) is 11.3 Å². The van der Waals surface area contributed by atoms with E-state index < -0.39 is 4.92 Å². The topological polar surface area (TPSA) is 113 Å². The second-order valence-electron chi connectivity index (χ2n) is 5.29. The molecule has 1 aliphatic carbocycles. The number of nitrogens with one attached hydrogen (secondary N) is 2. The highest BCUT2D eigenvalue weighted by Crippen LogP contribution is 2.21. The third kappa shape index (κ3) is 3.25. The van der Waals surface area contributed by atoms with Crippen LogP contribution >= 0.6 is 0 Å². The van der Waals surface area contributed by atoms with Crippen molar-refractivity contribution in [2.45, 2.75) is 25.7 Å². The predicted molar refractivity (Wildman–Crippen MR) is 83.4 cm³/mol. The van der Waals surface area contributed by atoms with Crippen molar-refractivity contribution in [3.8, 4) is 0 Å². The zero-order valence-electron chi connectivity index (χ0n) is 12.3. The predicted octanol–water partition coefficient (Wildman–Crippen LogP) is 1.96. The van der Waals surface area contributed by atoms with Gasteiger partial charge in [0, 0.05) is 29.0 Å². The average Bonchev–Trinajstić information content (AvgIpc) is 2.99. The summed E-state index contributed by atoms with van der Waals surface area (Å²) in [6.45, 7) is 0. The number of fused-ring (bicyclic) bond motifs is 1. The summed E-state index contributed by atoms with van der Waals surface area (Å²) in [6.07, 6.45) is 5.25. The van der Waals surface area contributed by atoms with Crippen molar-refractivity contribution < 1.29 is 9.72 Å². The first kappa shape index (κ1) is 14.9. The van der Waals surface area contributed by atoms with Crippen molar-refractivity contribution in [1.29, 1.82) is 0 Å². The summed E-state index contributed by atoms with van der Waals surface area (Å²) in [6, 6.07) is 6.00. The number of aromatic nitrogens is 2.